The first kappa shape index (κ1) is 13.3. The Kier molecular flexibility index (Phi) is 3.87. The number of aromatic hydroxyl groups is 1. The molecule has 1 heterocycles. The molecule has 0 radical (unpaired) electrons. The summed E-state index contributed by atoms with van der Waals surface area (Å²) >= 11 is 0. The van der Waals surface area contributed by atoms with E-state index in [1.807, 2.05) is 6.92 Å². The summed E-state index contributed by atoms with van der Waals surface area (Å²) in [5.74, 6) is 0.0846. The molecular weight excluding hydrogens is 236 g/mol. The predicted molar refractivity (Wildman–Crippen MR) is 64.2 cm³/mol. The Labute approximate surface area is 105 Å². The van der Waals surface area contributed by atoms with Crippen LogP contribution in [-0.2, 0) is 4.74 Å². The molecule has 2 rings (SSSR count). The average molecular weight is 254 g/mol. The SMILES string of the molecule is Cc1cc(O)cc(C2OC(CO)CC(O)C2O)c1. The van der Waals surface area contributed by atoms with E-state index in [1.54, 1.807) is 12.1 Å². The summed E-state index contributed by atoms with van der Waals surface area (Å²) in [5, 5.41) is 38.3. The lowest BCUT2D eigenvalue weighted by Crippen LogP contribution is -2.44. The number of aliphatic hydroxyl groups excluding tert-OH is 3. The number of rotatable bonds is 2. The summed E-state index contributed by atoms with van der Waals surface area (Å²) < 4.78 is 5.54. The van der Waals surface area contributed by atoms with Crippen LogP contribution in [0.2, 0.25) is 0 Å². The van der Waals surface area contributed by atoms with Gasteiger partial charge in [0.1, 0.15) is 18.0 Å². The Morgan fingerprint density at radius 2 is 2.00 bits per heavy atom. The quantitative estimate of drug-likeness (QED) is 0.607. The van der Waals surface area contributed by atoms with Gasteiger partial charge in [0.2, 0.25) is 0 Å². The number of aryl methyl sites for hydroxylation is 1. The van der Waals surface area contributed by atoms with Gasteiger partial charge in [0.05, 0.1) is 18.8 Å². The van der Waals surface area contributed by atoms with Gasteiger partial charge < -0.3 is 25.2 Å². The zero-order valence-electron chi connectivity index (χ0n) is 10.2. The van der Waals surface area contributed by atoms with E-state index in [1.165, 1.54) is 6.07 Å². The molecule has 1 aliphatic rings. The molecule has 18 heavy (non-hydrogen) atoms. The molecule has 0 aromatic heterocycles. The first-order chi connectivity index (χ1) is 8.51. The fraction of sp³-hybridized carbons (Fsp3) is 0.538. The number of phenols is 1. The van der Waals surface area contributed by atoms with Gasteiger partial charge in [-0.3, -0.25) is 0 Å². The Bertz CT molecular complexity index is 400. The molecule has 1 aliphatic heterocycles. The van der Waals surface area contributed by atoms with E-state index < -0.39 is 24.4 Å². The van der Waals surface area contributed by atoms with Crippen LogP contribution in [0, 0.1) is 6.92 Å². The molecule has 0 saturated carbocycles. The van der Waals surface area contributed by atoms with E-state index in [-0.39, 0.29) is 18.8 Å². The molecule has 4 atom stereocenters. The lowest BCUT2D eigenvalue weighted by molar-refractivity contribution is -0.179. The lowest BCUT2D eigenvalue weighted by atomic mass is 9.92. The fourth-order valence-electron chi connectivity index (χ4n) is 2.30. The number of phenolic OH excluding ortho intramolecular Hbond substituents is 1. The molecule has 1 saturated heterocycles. The van der Waals surface area contributed by atoms with E-state index in [0.717, 1.165) is 5.56 Å². The van der Waals surface area contributed by atoms with Gasteiger partial charge in [-0.05, 0) is 30.2 Å². The van der Waals surface area contributed by atoms with Gasteiger partial charge in [0.15, 0.2) is 0 Å². The summed E-state index contributed by atoms with van der Waals surface area (Å²) in [6.45, 7) is 1.61. The maximum Gasteiger partial charge on any atom is 0.116 e. The average Bonchev–Trinajstić information content (AvgIpc) is 2.31. The molecule has 5 heteroatoms. The van der Waals surface area contributed by atoms with Gasteiger partial charge in [-0.2, -0.15) is 0 Å². The first-order valence-corrected chi connectivity index (χ1v) is 5.94. The van der Waals surface area contributed by atoms with Gasteiger partial charge in [-0.1, -0.05) is 6.07 Å². The van der Waals surface area contributed by atoms with E-state index in [4.69, 9.17) is 9.84 Å². The third-order valence-corrected chi connectivity index (χ3v) is 3.16. The van der Waals surface area contributed by atoms with Crippen molar-refractivity contribution in [2.75, 3.05) is 6.61 Å². The van der Waals surface area contributed by atoms with Gasteiger partial charge in [0.25, 0.3) is 0 Å². The van der Waals surface area contributed by atoms with Crippen molar-refractivity contribution >= 4 is 0 Å². The van der Waals surface area contributed by atoms with Crippen LogP contribution in [0.25, 0.3) is 0 Å². The Hall–Kier alpha value is -1.14. The maximum atomic E-state index is 9.95. The van der Waals surface area contributed by atoms with Crippen molar-refractivity contribution in [3.05, 3.63) is 29.3 Å². The van der Waals surface area contributed by atoms with Gasteiger partial charge in [-0.15, -0.1) is 0 Å². The molecule has 1 fully saturated rings. The highest BCUT2D eigenvalue weighted by molar-refractivity contribution is 5.34. The minimum atomic E-state index is -1.06. The second kappa shape index (κ2) is 5.24. The van der Waals surface area contributed by atoms with Gasteiger partial charge in [0, 0.05) is 6.42 Å². The second-order valence-corrected chi connectivity index (χ2v) is 4.76. The zero-order valence-corrected chi connectivity index (χ0v) is 10.2. The van der Waals surface area contributed by atoms with Crippen molar-refractivity contribution in [1.82, 2.24) is 0 Å². The van der Waals surface area contributed by atoms with Gasteiger partial charge >= 0.3 is 0 Å². The van der Waals surface area contributed by atoms with Crippen molar-refractivity contribution in [2.24, 2.45) is 0 Å². The van der Waals surface area contributed by atoms with Crippen molar-refractivity contribution < 1.29 is 25.2 Å². The van der Waals surface area contributed by atoms with Crippen LogP contribution in [0.3, 0.4) is 0 Å². The smallest absolute Gasteiger partial charge is 0.116 e. The van der Waals surface area contributed by atoms with Crippen molar-refractivity contribution in [2.45, 2.75) is 37.8 Å². The minimum Gasteiger partial charge on any atom is -0.508 e. The lowest BCUT2D eigenvalue weighted by Gasteiger charge is -2.36. The summed E-state index contributed by atoms with van der Waals surface area (Å²) in [7, 11) is 0. The van der Waals surface area contributed by atoms with Crippen LogP contribution in [0.1, 0.15) is 23.7 Å². The summed E-state index contributed by atoms with van der Waals surface area (Å²) in [5.41, 5.74) is 1.43. The monoisotopic (exact) mass is 254 g/mol. The number of hydrogen-bond donors (Lipinski definition) is 4. The molecule has 0 amide bonds. The summed E-state index contributed by atoms with van der Waals surface area (Å²) in [6, 6.07) is 4.87. The third kappa shape index (κ3) is 2.64. The first-order valence-electron chi connectivity index (χ1n) is 5.94. The Morgan fingerprint density at radius 1 is 1.28 bits per heavy atom. The minimum absolute atomic E-state index is 0.0846. The molecule has 0 bridgehead atoms. The van der Waals surface area contributed by atoms with Crippen molar-refractivity contribution in [3.8, 4) is 5.75 Å². The van der Waals surface area contributed by atoms with Gasteiger partial charge in [-0.25, -0.2) is 0 Å². The van der Waals surface area contributed by atoms with Crippen molar-refractivity contribution in [1.29, 1.82) is 0 Å². The van der Waals surface area contributed by atoms with E-state index >= 15 is 0 Å². The number of benzene rings is 1. The highest BCUT2D eigenvalue weighted by atomic mass is 16.5. The van der Waals surface area contributed by atoms with Crippen LogP contribution >= 0.6 is 0 Å². The largest absolute Gasteiger partial charge is 0.508 e. The molecule has 5 nitrogen and oxygen atoms in total. The number of aliphatic hydroxyl groups is 3. The van der Waals surface area contributed by atoms with Crippen LogP contribution < -0.4 is 0 Å². The fourth-order valence-corrected chi connectivity index (χ4v) is 2.30. The summed E-state index contributed by atoms with van der Waals surface area (Å²) in [6.07, 6.45) is -3.04. The standard InChI is InChI=1S/C13H18O5/c1-7-2-8(4-9(15)3-7)13-12(17)11(16)5-10(6-14)18-13/h2-4,10-17H,5-6H2,1H3. The Morgan fingerprint density at radius 3 is 2.61 bits per heavy atom. The molecule has 0 spiro atoms. The zero-order chi connectivity index (χ0) is 13.3. The van der Waals surface area contributed by atoms with Crippen LogP contribution in [0.15, 0.2) is 18.2 Å². The van der Waals surface area contributed by atoms with E-state index in [9.17, 15) is 15.3 Å². The highest BCUT2D eigenvalue weighted by Gasteiger charge is 2.37. The normalized spacial score (nSPS) is 32.4. The topological polar surface area (TPSA) is 90.2 Å². The molecule has 1 aromatic carbocycles. The molecular formula is C13H18O5. The molecule has 4 N–H and O–H groups in total. The molecule has 0 aliphatic carbocycles. The van der Waals surface area contributed by atoms with Crippen LogP contribution in [0.5, 0.6) is 5.75 Å². The molecule has 4 unspecified atom stereocenters. The third-order valence-electron chi connectivity index (χ3n) is 3.16. The Balaban J connectivity index is 2.29. The van der Waals surface area contributed by atoms with E-state index in [0.29, 0.717) is 5.56 Å². The summed E-state index contributed by atoms with van der Waals surface area (Å²) in [4.78, 5) is 0. The predicted octanol–water partition coefficient (Wildman–Crippen LogP) is 0.245. The number of hydrogen-bond acceptors (Lipinski definition) is 5. The van der Waals surface area contributed by atoms with Crippen LogP contribution in [0.4, 0.5) is 0 Å². The second-order valence-electron chi connectivity index (χ2n) is 4.76. The van der Waals surface area contributed by atoms with E-state index in [2.05, 4.69) is 0 Å². The number of ether oxygens (including phenoxy) is 1. The van der Waals surface area contributed by atoms with Crippen LogP contribution in [-0.4, -0.2) is 45.3 Å². The molecule has 1 aromatic rings. The van der Waals surface area contributed by atoms with Crippen molar-refractivity contribution in [3.63, 3.8) is 0 Å². The highest BCUT2D eigenvalue weighted by Crippen LogP contribution is 2.33. The maximum absolute atomic E-state index is 9.95. The molecule has 100 valence electrons.